The van der Waals surface area contributed by atoms with E-state index in [1.54, 1.807) is 35.8 Å². The van der Waals surface area contributed by atoms with Crippen molar-refractivity contribution in [3.05, 3.63) is 95.2 Å². The molecule has 3 aromatic carbocycles. The van der Waals surface area contributed by atoms with Gasteiger partial charge in [0.05, 0.1) is 35.0 Å². The highest BCUT2D eigenvalue weighted by atomic mass is 35.5. The lowest BCUT2D eigenvalue weighted by Gasteiger charge is -2.15. The summed E-state index contributed by atoms with van der Waals surface area (Å²) >= 11 is 6.55. The van der Waals surface area contributed by atoms with E-state index < -0.39 is 15.7 Å². The maximum atomic E-state index is 13.6. The molecule has 1 amide bonds. The van der Waals surface area contributed by atoms with Gasteiger partial charge in [0.2, 0.25) is 5.91 Å². The molecule has 0 saturated heterocycles. The molecule has 0 fully saturated rings. The van der Waals surface area contributed by atoms with Gasteiger partial charge in [-0.15, -0.1) is 0 Å². The van der Waals surface area contributed by atoms with Gasteiger partial charge >= 0.3 is 0 Å². The van der Waals surface area contributed by atoms with Crippen molar-refractivity contribution in [3.8, 4) is 22.8 Å². The first-order valence-electron chi connectivity index (χ1n) is 16.3. The molecule has 0 spiro atoms. The van der Waals surface area contributed by atoms with Crippen molar-refractivity contribution in [1.82, 2.24) is 20.8 Å². The number of amides is 1. The molecule has 4 N–H and O–H groups in total. The molecule has 2 heterocycles. The molecule has 0 radical (unpaired) electrons. The van der Waals surface area contributed by atoms with E-state index in [1.807, 2.05) is 24.3 Å². The van der Waals surface area contributed by atoms with E-state index in [1.165, 1.54) is 24.7 Å². The van der Waals surface area contributed by atoms with Crippen LogP contribution in [0.5, 0.6) is 11.5 Å². The Hall–Kier alpha value is -4.76. The molecule has 5 aromatic rings. The minimum Gasteiger partial charge on any atom is -0.493 e. The van der Waals surface area contributed by atoms with Crippen LogP contribution in [0, 0.1) is 5.82 Å². The number of nitrogens with zero attached hydrogens (tertiary/aromatic N) is 2. The molecule has 0 saturated carbocycles. The summed E-state index contributed by atoms with van der Waals surface area (Å²) < 4.78 is 54.8. The monoisotopic (exact) mass is 739 g/mol. The van der Waals surface area contributed by atoms with Crippen LogP contribution >= 0.6 is 11.6 Å². The van der Waals surface area contributed by atoms with Crippen LogP contribution in [-0.2, 0) is 27.8 Å². The number of anilines is 2. The lowest BCUT2D eigenvalue weighted by molar-refractivity contribution is -0.129. The van der Waals surface area contributed by atoms with E-state index in [0.717, 1.165) is 19.3 Å². The average Bonchev–Trinajstić information content (AvgIpc) is 3.57. The number of carbonyl (C=O) groups excluding carboxylic acids is 1. The number of sulfone groups is 1. The van der Waals surface area contributed by atoms with Crippen LogP contribution in [0.2, 0.25) is 5.02 Å². The number of carbonyl (C=O) groups is 1. The maximum Gasteiger partial charge on any atom is 0.243 e. The lowest BCUT2D eigenvalue weighted by atomic mass is 10.1. The minimum atomic E-state index is -3.09. The number of hydroxylamine groups is 1. The fourth-order valence-corrected chi connectivity index (χ4v) is 5.93. The van der Waals surface area contributed by atoms with Gasteiger partial charge in [0.1, 0.15) is 57.4 Å². The van der Waals surface area contributed by atoms with Crippen molar-refractivity contribution in [1.29, 1.82) is 0 Å². The van der Waals surface area contributed by atoms with Gasteiger partial charge in [-0.2, -0.15) is 0 Å². The zero-order valence-corrected chi connectivity index (χ0v) is 29.5. The lowest BCUT2D eigenvalue weighted by Crippen LogP contribution is -2.21. The number of hydrogen-bond donors (Lipinski definition) is 4. The standard InChI is InChI=1S/C36H39ClFN5O7S/c1-51(46,47)16-14-39-21-27-11-13-32(50-27)29-19-28-31(20-34(29)48-15-5-3-2-4-9-35(44)43-45)40-23-41-36(28)42-26-10-12-33(30(37)18-26)49-22-24-7-6-8-25(38)17-24/h6-8,10-13,17-20,23,39,45H,2-5,9,14-16,21-22H2,1H3,(H,43,44)(H,40,41,42). The summed E-state index contributed by atoms with van der Waals surface area (Å²) in [5.41, 5.74) is 4.26. The third-order valence-corrected chi connectivity index (χ3v) is 9.01. The molecule has 0 aliphatic heterocycles. The Morgan fingerprint density at radius 2 is 1.82 bits per heavy atom. The average molecular weight is 740 g/mol. The van der Waals surface area contributed by atoms with Crippen molar-refractivity contribution in [2.24, 2.45) is 0 Å². The number of rotatable bonds is 19. The maximum absolute atomic E-state index is 13.6. The molecular formula is C36H39ClFN5O7S. The molecule has 0 bridgehead atoms. The summed E-state index contributed by atoms with van der Waals surface area (Å²) in [5, 5.41) is 16.1. The van der Waals surface area contributed by atoms with E-state index in [0.29, 0.717) is 87.7 Å². The van der Waals surface area contributed by atoms with Gasteiger partial charge in [-0.3, -0.25) is 10.0 Å². The molecule has 5 rings (SSSR count). The second kappa shape index (κ2) is 17.9. The number of benzene rings is 3. The Labute approximate surface area is 300 Å². The summed E-state index contributed by atoms with van der Waals surface area (Å²) in [6.07, 6.45) is 5.93. The Morgan fingerprint density at radius 1 is 0.980 bits per heavy atom. The van der Waals surface area contributed by atoms with Crippen LogP contribution in [-0.4, -0.2) is 54.7 Å². The van der Waals surface area contributed by atoms with Crippen LogP contribution in [0.25, 0.3) is 22.2 Å². The van der Waals surface area contributed by atoms with Crippen LogP contribution in [0.4, 0.5) is 15.9 Å². The van der Waals surface area contributed by atoms with Gasteiger partial charge in [-0.05, 0) is 66.9 Å². The molecule has 2 aromatic heterocycles. The summed E-state index contributed by atoms with van der Waals surface area (Å²) in [7, 11) is -3.09. The number of halogens is 2. The summed E-state index contributed by atoms with van der Waals surface area (Å²) in [5.74, 6) is 1.94. The molecule has 15 heteroatoms. The molecule has 0 aliphatic rings. The van der Waals surface area contributed by atoms with E-state index in [2.05, 4.69) is 20.6 Å². The Morgan fingerprint density at radius 3 is 2.61 bits per heavy atom. The van der Waals surface area contributed by atoms with Crippen molar-refractivity contribution < 1.29 is 36.7 Å². The van der Waals surface area contributed by atoms with Crippen LogP contribution in [0.3, 0.4) is 0 Å². The predicted molar refractivity (Wildman–Crippen MR) is 193 cm³/mol. The topological polar surface area (TPSA) is 165 Å². The molecule has 0 aliphatic carbocycles. The zero-order chi connectivity index (χ0) is 36.2. The zero-order valence-electron chi connectivity index (χ0n) is 28.0. The molecular weight excluding hydrogens is 701 g/mol. The highest BCUT2D eigenvalue weighted by Gasteiger charge is 2.17. The van der Waals surface area contributed by atoms with Gasteiger partial charge in [0.15, 0.2) is 0 Å². The largest absolute Gasteiger partial charge is 0.493 e. The minimum absolute atomic E-state index is 0.0174. The quantitative estimate of drug-likeness (QED) is 0.0393. The number of aromatic nitrogens is 2. The molecule has 0 atom stereocenters. The number of furan rings is 1. The van der Waals surface area contributed by atoms with Crippen LogP contribution in [0.15, 0.2) is 77.5 Å². The van der Waals surface area contributed by atoms with Gasteiger partial charge in [-0.25, -0.2) is 28.3 Å². The smallest absolute Gasteiger partial charge is 0.243 e. The number of fused-ring (bicyclic) bond motifs is 1. The Bertz CT molecular complexity index is 2060. The summed E-state index contributed by atoms with van der Waals surface area (Å²) in [4.78, 5) is 20.2. The second-order valence-electron chi connectivity index (χ2n) is 11.9. The van der Waals surface area contributed by atoms with Crippen molar-refractivity contribution in [2.45, 2.75) is 45.3 Å². The van der Waals surface area contributed by atoms with E-state index >= 15 is 0 Å². The SMILES string of the molecule is CS(=O)(=O)CCNCc1ccc(-c2cc3c(Nc4ccc(OCc5cccc(F)c5)c(Cl)c4)ncnc3cc2OCCCCCCC(=O)NO)o1. The van der Waals surface area contributed by atoms with Crippen LogP contribution in [0.1, 0.15) is 43.4 Å². The molecule has 270 valence electrons. The van der Waals surface area contributed by atoms with Crippen molar-refractivity contribution in [3.63, 3.8) is 0 Å². The van der Waals surface area contributed by atoms with E-state index in [-0.39, 0.29) is 24.6 Å². The van der Waals surface area contributed by atoms with Gasteiger partial charge in [0, 0.05) is 36.4 Å². The van der Waals surface area contributed by atoms with E-state index in [4.69, 9.17) is 30.7 Å². The number of ether oxygens (including phenoxy) is 2. The fourth-order valence-electron chi connectivity index (χ4n) is 5.18. The van der Waals surface area contributed by atoms with Gasteiger partial charge < -0.3 is 24.5 Å². The fraction of sp³-hybridized carbons (Fsp3) is 0.306. The first-order chi connectivity index (χ1) is 24.6. The Balaban J connectivity index is 1.34. The third-order valence-electron chi connectivity index (χ3n) is 7.77. The highest BCUT2D eigenvalue weighted by Crippen LogP contribution is 2.38. The van der Waals surface area contributed by atoms with Gasteiger partial charge in [0.25, 0.3) is 0 Å². The first-order valence-corrected chi connectivity index (χ1v) is 18.8. The summed E-state index contributed by atoms with van der Waals surface area (Å²) in [6.45, 7) is 1.20. The molecule has 51 heavy (non-hydrogen) atoms. The van der Waals surface area contributed by atoms with Crippen molar-refractivity contribution >= 4 is 49.8 Å². The predicted octanol–water partition coefficient (Wildman–Crippen LogP) is 6.97. The third kappa shape index (κ3) is 11.4. The summed E-state index contributed by atoms with van der Waals surface area (Å²) in [6, 6.07) is 18.8. The van der Waals surface area contributed by atoms with Crippen molar-refractivity contribution in [2.75, 3.05) is 30.5 Å². The molecule has 12 nitrogen and oxygen atoms in total. The number of unbranched alkanes of at least 4 members (excludes halogenated alkanes) is 3. The van der Waals surface area contributed by atoms with Crippen LogP contribution < -0.4 is 25.6 Å². The highest BCUT2D eigenvalue weighted by molar-refractivity contribution is 7.90. The number of nitrogens with one attached hydrogen (secondary N) is 3. The molecule has 0 unspecified atom stereocenters. The number of hydrogen-bond acceptors (Lipinski definition) is 11. The second-order valence-corrected chi connectivity index (χ2v) is 14.6. The van der Waals surface area contributed by atoms with E-state index in [9.17, 15) is 17.6 Å². The normalized spacial score (nSPS) is 11.5. The first kappa shape index (κ1) is 37.5. The Kier molecular flexibility index (Phi) is 13.2. The van der Waals surface area contributed by atoms with Gasteiger partial charge in [-0.1, -0.05) is 36.6 Å².